The van der Waals surface area contributed by atoms with E-state index in [0.717, 1.165) is 22.3 Å². The second kappa shape index (κ2) is 5.87. The first-order chi connectivity index (χ1) is 9.40. The van der Waals surface area contributed by atoms with Gasteiger partial charge in [-0.2, -0.15) is 0 Å². The molecule has 0 spiro atoms. The Morgan fingerprint density at radius 1 is 1.35 bits per heavy atom. The number of hydrogen-bond acceptors (Lipinski definition) is 5. The van der Waals surface area contributed by atoms with Crippen molar-refractivity contribution in [1.29, 1.82) is 0 Å². The highest BCUT2D eigenvalue weighted by atomic mass is 32.1. The molecule has 0 N–H and O–H groups in total. The number of carbonyl (C=O) groups excluding carboxylic acids is 1. The van der Waals surface area contributed by atoms with Crippen molar-refractivity contribution in [2.24, 2.45) is 0 Å². The molecule has 0 aliphatic heterocycles. The summed E-state index contributed by atoms with van der Waals surface area (Å²) in [6.07, 6.45) is 4.65. The van der Waals surface area contributed by atoms with Gasteiger partial charge in [0.2, 0.25) is 0 Å². The van der Waals surface area contributed by atoms with Crippen LogP contribution in [-0.2, 0) is 9.53 Å². The van der Waals surface area contributed by atoms with E-state index >= 15 is 0 Å². The van der Waals surface area contributed by atoms with Crippen LogP contribution in [0.15, 0.2) is 17.8 Å². The predicted octanol–water partition coefficient (Wildman–Crippen LogP) is 3.92. The lowest BCUT2D eigenvalue weighted by Crippen LogP contribution is -2.24. The molecule has 2 rings (SSSR count). The molecule has 0 saturated carbocycles. The summed E-state index contributed by atoms with van der Waals surface area (Å²) in [5.74, 6) is -0.0251. The van der Waals surface area contributed by atoms with Crippen molar-refractivity contribution in [2.75, 3.05) is 0 Å². The summed E-state index contributed by atoms with van der Waals surface area (Å²) in [5, 5.41) is 2.06. The maximum atomic E-state index is 12.0. The van der Waals surface area contributed by atoms with Crippen molar-refractivity contribution in [1.82, 2.24) is 9.97 Å². The number of rotatable bonds is 4. The van der Waals surface area contributed by atoms with Crippen LogP contribution in [0.4, 0.5) is 0 Å². The van der Waals surface area contributed by atoms with Crippen LogP contribution in [0.5, 0.6) is 0 Å². The van der Waals surface area contributed by atoms with Crippen LogP contribution >= 0.6 is 11.3 Å². The molecule has 5 heteroatoms. The zero-order valence-corrected chi connectivity index (χ0v) is 13.2. The molecular formula is C15H20N2O2S. The predicted molar refractivity (Wildman–Crippen MR) is 80.9 cm³/mol. The van der Waals surface area contributed by atoms with Gasteiger partial charge in [-0.3, -0.25) is 9.78 Å². The third kappa shape index (κ3) is 3.54. The van der Waals surface area contributed by atoms with Crippen LogP contribution in [0.25, 0.3) is 10.3 Å². The average molecular weight is 292 g/mol. The molecule has 4 nitrogen and oxygen atoms in total. The van der Waals surface area contributed by atoms with E-state index in [4.69, 9.17) is 4.74 Å². The third-order valence-corrected chi connectivity index (χ3v) is 3.90. The number of esters is 1. The summed E-state index contributed by atoms with van der Waals surface area (Å²) in [6.45, 7) is 7.74. The first kappa shape index (κ1) is 14.9. The van der Waals surface area contributed by atoms with E-state index < -0.39 is 5.60 Å². The molecule has 108 valence electrons. The summed E-state index contributed by atoms with van der Waals surface area (Å²) in [4.78, 5) is 21.6. The van der Waals surface area contributed by atoms with Crippen molar-refractivity contribution in [3.63, 3.8) is 0 Å². The fourth-order valence-corrected chi connectivity index (χ4v) is 3.08. The van der Waals surface area contributed by atoms with Gasteiger partial charge in [0, 0.05) is 12.4 Å². The minimum Gasteiger partial charge on any atom is -0.460 e. The molecule has 20 heavy (non-hydrogen) atoms. The van der Waals surface area contributed by atoms with Crippen molar-refractivity contribution in [3.8, 4) is 0 Å². The quantitative estimate of drug-likeness (QED) is 0.802. The molecule has 0 bridgehead atoms. The lowest BCUT2D eigenvalue weighted by Gasteiger charge is -2.21. The van der Waals surface area contributed by atoms with Crippen molar-refractivity contribution in [3.05, 3.63) is 23.3 Å². The third-order valence-electron chi connectivity index (χ3n) is 3.00. The molecule has 0 amide bonds. The minimum atomic E-state index is -0.439. The fourth-order valence-electron chi connectivity index (χ4n) is 2.13. The van der Waals surface area contributed by atoms with E-state index in [-0.39, 0.29) is 11.9 Å². The zero-order valence-electron chi connectivity index (χ0n) is 12.3. The highest BCUT2D eigenvalue weighted by molar-refractivity contribution is 7.16. The van der Waals surface area contributed by atoms with E-state index in [2.05, 4.69) is 22.3 Å². The lowest BCUT2D eigenvalue weighted by atomic mass is 9.95. The molecule has 2 aromatic rings. The largest absolute Gasteiger partial charge is 0.460 e. The summed E-state index contributed by atoms with van der Waals surface area (Å²) in [7, 11) is 0. The van der Waals surface area contributed by atoms with Crippen molar-refractivity contribution >= 4 is 27.7 Å². The highest BCUT2D eigenvalue weighted by Crippen LogP contribution is 2.33. The number of hydrogen-bond donors (Lipinski definition) is 0. The normalized spacial score (nSPS) is 13.4. The van der Waals surface area contributed by atoms with Crippen molar-refractivity contribution < 1.29 is 9.53 Å². The van der Waals surface area contributed by atoms with Crippen LogP contribution < -0.4 is 0 Å². The Morgan fingerprint density at radius 3 is 2.70 bits per heavy atom. The van der Waals surface area contributed by atoms with Gasteiger partial charge in [0.25, 0.3) is 0 Å². The molecule has 1 atom stereocenters. The Balaban J connectivity index is 2.18. The topological polar surface area (TPSA) is 52.1 Å². The Kier molecular flexibility index (Phi) is 4.38. The fraction of sp³-hybridized carbons (Fsp3) is 0.533. The molecule has 1 unspecified atom stereocenters. The molecular weight excluding hydrogens is 272 g/mol. The number of thiophene rings is 1. The smallest absolute Gasteiger partial charge is 0.306 e. The molecule has 2 aromatic heterocycles. The van der Waals surface area contributed by atoms with Crippen LogP contribution in [0.2, 0.25) is 0 Å². The van der Waals surface area contributed by atoms with Gasteiger partial charge in [-0.1, -0.05) is 6.92 Å². The summed E-state index contributed by atoms with van der Waals surface area (Å²) in [6, 6.07) is 0. The second-order valence-electron chi connectivity index (χ2n) is 5.80. The SMILES string of the molecule is CCC(CC(=O)OC(C)(C)C)c1csc2nccnc12. The Labute approximate surface area is 123 Å². The molecule has 0 aliphatic carbocycles. The maximum Gasteiger partial charge on any atom is 0.306 e. The molecule has 0 aliphatic rings. The van der Waals surface area contributed by atoms with Gasteiger partial charge in [0.05, 0.1) is 6.42 Å². The van der Waals surface area contributed by atoms with Crippen LogP contribution in [0.1, 0.15) is 52.0 Å². The standard InChI is InChI=1S/C15H20N2O2S/c1-5-10(8-12(18)19-15(2,3)4)11-9-20-14-13(11)16-6-7-17-14/h6-7,9-10H,5,8H2,1-4H3. The number of ether oxygens (including phenoxy) is 1. The van der Waals surface area contributed by atoms with Gasteiger partial charge in [-0.25, -0.2) is 4.98 Å². The first-order valence-corrected chi connectivity index (χ1v) is 7.68. The van der Waals surface area contributed by atoms with E-state index in [1.807, 2.05) is 20.8 Å². The van der Waals surface area contributed by atoms with E-state index in [0.29, 0.717) is 6.42 Å². The van der Waals surface area contributed by atoms with Crippen LogP contribution in [0, 0.1) is 0 Å². The van der Waals surface area contributed by atoms with Gasteiger partial charge in [0.1, 0.15) is 15.9 Å². The maximum absolute atomic E-state index is 12.0. The van der Waals surface area contributed by atoms with Gasteiger partial charge < -0.3 is 4.74 Å². The van der Waals surface area contributed by atoms with Gasteiger partial charge >= 0.3 is 5.97 Å². The molecule has 0 fully saturated rings. The van der Waals surface area contributed by atoms with E-state index in [1.165, 1.54) is 0 Å². The monoisotopic (exact) mass is 292 g/mol. The molecule has 0 radical (unpaired) electrons. The Bertz CT molecular complexity index is 601. The average Bonchev–Trinajstić information content (AvgIpc) is 2.77. The van der Waals surface area contributed by atoms with Gasteiger partial charge in [0.15, 0.2) is 0 Å². The summed E-state index contributed by atoms with van der Waals surface area (Å²) in [5.41, 5.74) is 1.57. The minimum absolute atomic E-state index is 0.135. The first-order valence-electron chi connectivity index (χ1n) is 6.80. The van der Waals surface area contributed by atoms with Crippen LogP contribution in [0.3, 0.4) is 0 Å². The number of aromatic nitrogens is 2. The number of carbonyl (C=O) groups is 1. The van der Waals surface area contributed by atoms with Crippen molar-refractivity contribution in [2.45, 2.75) is 52.1 Å². The van der Waals surface area contributed by atoms with Crippen LogP contribution in [-0.4, -0.2) is 21.5 Å². The van der Waals surface area contributed by atoms with Gasteiger partial charge in [-0.15, -0.1) is 11.3 Å². The second-order valence-corrected chi connectivity index (χ2v) is 6.65. The zero-order chi connectivity index (χ0) is 14.8. The highest BCUT2D eigenvalue weighted by Gasteiger charge is 2.23. The Morgan fingerprint density at radius 2 is 2.05 bits per heavy atom. The van der Waals surface area contributed by atoms with E-state index in [9.17, 15) is 4.79 Å². The van der Waals surface area contributed by atoms with Gasteiger partial charge in [-0.05, 0) is 44.1 Å². The summed E-state index contributed by atoms with van der Waals surface area (Å²) >= 11 is 1.57. The van der Waals surface area contributed by atoms with E-state index in [1.54, 1.807) is 23.7 Å². The number of fused-ring (bicyclic) bond motifs is 1. The molecule has 0 aromatic carbocycles. The molecule has 2 heterocycles. The molecule has 0 saturated heterocycles. The Hall–Kier alpha value is -1.49. The lowest BCUT2D eigenvalue weighted by molar-refractivity contribution is -0.155. The number of nitrogens with zero attached hydrogens (tertiary/aromatic N) is 2. The summed E-state index contributed by atoms with van der Waals surface area (Å²) < 4.78 is 5.41.